The second kappa shape index (κ2) is 9.41. The van der Waals surface area contributed by atoms with Gasteiger partial charge in [0.1, 0.15) is 17.2 Å². The van der Waals surface area contributed by atoms with Crippen LogP contribution in [0.2, 0.25) is 0 Å². The minimum Gasteiger partial charge on any atom is -0.497 e. The summed E-state index contributed by atoms with van der Waals surface area (Å²) in [6, 6.07) is 18.7. The fraction of sp³-hybridized carbons (Fsp3) is 0.182. The van der Waals surface area contributed by atoms with Gasteiger partial charge in [0.05, 0.1) is 31.3 Å². The summed E-state index contributed by atoms with van der Waals surface area (Å²) in [5.41, 5.74) is 2.91. The molecule has 1 amide bonds. The van der Waals surface area contributed by atoms with Gasteiger partial charge in [-0.05, 0) is 48.9 Å². The molecule has 6 nitrogen and oxygen atoms in total. The normalized spacial score (nSPS) is 10.2. The van der Waals surface area contributed by atoms with Gasteiger partial charge in [-0.3, -0.25) is 4.79 Å². The SMILES string of the molecule is CCOc1ccccc1NC(=O)c1ccc(NCc2ccc(OC)cc2)cn1. The standard InChI is InChI=1S/C22H23N3O3/c1-3-28-21-7-5-4-6-19(21)25-22(26)20-13-10-17(15-24-20)23-14-16-8-11-18(27-2)12-9-16/h4-13,15,23H,3,14H2,1-2H3,(H,25,26). The molecular weight excluding hydrogens is 354 g/mol. The molecule has 0 unspecified atom stereocenters. The Kier molecular flexibility index (Phi) is 6.46. The van der Waals surface area contributed by atoms with E-state index in [0.29, 0.717) is 30.3 Å². The molecule has 6 heteroatoms. The van der Waals surface area contributed by atoms with E-state index in [1.54, 1.807) is 25.4 Å². The molecule has 0 spiro atoms. The molecule has 3 aromatic rings. The van der Waals surface area contributed by atoms with Crippen LogP contribution in [0.1, 0.15) is 23.0 Å². The van der Waals surface area contributed by atoms with Gasteiger partial charge in [-0.2, -0.15) is 0 Å². The average molecular weight is 377 g/mol. The van der Waals surface area contributed by atoms with E-state index in [9.17, 15) is 4.79 Å². The van der Waals surface area contributed by atoms with Crippen molar-refractivity contribution in [1.29, 1.82) is 0 Å². The van der Waals surface area contributed by atoms with Crippen LogP contribution in [0.3, 0.4) is 0 Å². The van der Waals surface area contributed by atoms with E-state index in [1.165, 1.54) is 0 Å². The van der Waals surface area contributed by atoms with Gasteiger partial charge >= 0.3 is 0 Å². The van der Waals surface area contributed by atoms with Crippen LogP contribution in [0.4, 0.5) is 11.4 Å². The first kappa shape index (κ1) is 19.2. The topological polar surface area (TPSA) is 72.5 Å². The first-order valence-corrected chi connectivity index (χ1v) is 9.05. The third-order valence-electron chi connectivity index (χ3n) is 4.09. The lowest BCUT2D eigenvalue weighted by atomic mass is 10.2. The summed E-state index contributed by atoms with van der Waals surface area (Å²) < 4.78 is 10.7. The molecule has 3 rings (SSSR count). The zero-order valence-corrected chi connectivity index (χ0v) is 15.9. The number of benzene rings is 2. The molecular formula is C22H23N3O3. The summed E-state index contributed by atoms with van der Waals surface area (Å²) in [6.07, 6.45) is 1.65. The van der Waals surface area contributed by atoms with Gasteiger partial charge in [0, 0.05) is 6.54 Å². The number of rotatable bonds is 8. The van der Waals surface area contributed by atoms with Crippen LogP contribution in [0, 0.1) is 0 Å². The molecule has 0 saturated carbocycles. The van der Waals surface area contributed by atoms with E-state index in [4.69, 9.17) is 9.47 Å². The predicted molar refractivity (Wildman–Crippen MR) is 110 cm³/mol. The molecule has 2 aromatic carbocycles. The molecule has 0 aliphatic heterocycles. The highest BCUT2D eigenvalue weighted by atomic mass is 16.5. The number of carbonyl (C=O) groups is 1. The fourth-order valence-electron chi connectivity index (χ4n) is 2.62. The van der Waals surface area contributed by atoms with E-state index in [0.717, 1.165) is 17.0 Å². The number of ether oxygens (including phenoxy) is 2. The molecule has 28 heavy (non-hydrogen) atoms. The number of methoxy groups -OCH3 is 1. The highest BCUT2D eigenvalue weighted by Gasteiger charge is 2.11. The van der Waals surface area contributed by atoms with Crippen molar-refractivity contribution in [1.82, 2.24) is 4.98 Å². The first-order valence-electron chi connectivity index (χ1n) is 9.05. The Morgan fingerprint density at radius 3 is 2.50 bits per heavy atom. The molecule has 0 aliphatic carbocycles. The molecule has 1 heterocycles. The Morgan fingerprint density at radius 2 is 1.82 bits per heavy atom. The van der Waals surface area contributed by atoms with Gasteiger partial charge in [0.15, 0.2) is 0 Å². The number of carbonyl (C=O) groups excluding carboxylic acids is 1. The van der Waals surface area contributed by atoms with E-state index in [1.807, 2.05) is 55.5 Å². The molecule has 0 fully saturated rings. The van der Waals surface area contributed by atoms with Crippen molar-refractivity contribution in [2.24, 2.45) is 0 Å². The Hall–Kier alpha value is -3.54. The van der Waals surface area contributed by atoms with Gasteiger partial charge < -0.3 is 20.1 Å². The molecule has 0 bridgehead atoms. The highest BCUT2D eigenvalue weighted by Crippen LogP contribution is 2.24. The summed E-state index contributed by atoms with van der Waals surface area (Å²) in [5, 5.41) is 6.13. The number of pyridine rings is 1. The number of hydrogen-bond donors (Lipinski definition) is 2. The molecule has 2 N–H and O–H groups in total. The van der Waals surface area contributed by atoms with E-state index < -0.39 is 0 Å². The molecule has 1 aromatic heterocycles. The Morgan fingerprint density at radius 1 is 1.04 bits per heavy atom. The van der Waals surface area contributed by atoms with Gasteiger partial charge in [0.2, 0.25) is 0 Å². The van der Waals surface area contributed by atoms with Crippen LogP contribution in [-0.4, -0.2) is 24.6 Å². The first-order chi connectivity index (χ1) is 13.7. The van der Waals surface area contributed by atoms with Gasteiger partial charge in [0.25, 0.3) is 5.91 Å². The van der Waals surface area contributed by atoms with Crippen molar-refractivity contribution in [3.63, 3.8) is 0 Å². The lowest BCUT2D eigenvalue weighted by Gasteiger charge is -2.11. The maximum atomic E-state index is 12.5. The smallest absolute Gasteiger partial charge is 0.274 e. The van der Waals surface area contributed by atoms with Gasteiger partial charge in [-0.25, -0.2) is 4.98 Å². The summed E-state index contributed by atoms with van der Waals surface area (Å²) in [5.74, 6) is 1.18. The van der Waals surface area contributed by atoms with E-state index in [-0.39, 0.29) is 5.91 Å². The number of para-hydroxylation sites is 2. The largest absolute Gasteiger partial charge is 0.497 e. The summed E-state index contributed by atoms with van der Waals surface area (Å²) >= 11 is 0. The summed E-state index contributed by atoms with van der Waals surface area (Å²) in [6.45, 7) is 3.08. The minimum absolute atomic E-state index is 0.283. The number of nitrogens with one attached hydrogen (secondary N) is 2. The second-order valence-electron chi connectivity index (χ2n) is 6.02. The Bertz CT molecular complexity index is 909. The quantitative estimate of drug-likeness (QED) is 0.610. The van der Waals surface area contributed by atoms with Crippen LogP contribution in [0.5, 0.6) is 11.5 Å². The minimum atomic E-state index is -0.283. The Balaban J connectivity index is 1.59. The van der Waals surface area contributed by atoms with Crippen molar-refractivity contribution >= 4 is 17.3 Å². The number of aromatic nitrogens is 1. The molecule has 144 valence electrons. The van der Waals surface area contributed by atoms with E-state index in [2.05, 4.69) is 15.6 Å². The van der Waals surface area contributed by atoms with Crippen molar-refractivity contribution in [3.05, 3.63) is 78.1 Å². The monoisotopic (exact) mass is 377 g/mol. The molecule has 0 aliphatic rings. The lowest BCUT2D eigenvalue weighted by Crippen LogP contribution is -2.14. The van der Waals surface area contributed by atoms with Crippen LogP contribution in [-0.2, 0) is 6.54 Å². The Labute approximate surface area is 164 Å². The maximum absolute atomic E-state index is 12.5. The zero-order valence-electron chi connectivity index (χ0n) is 15.9. The fourth-order valence-corrected chi connectivity index (χ4v) is 2.62. The van der Waals surface area contributed by atoms with Crippen LogP contribution in [0.25, 0.3) is 0 Å². The molecule has 0 radical (unpaired) electrons. The van der Waals surface area contributed by atoms with Crippen LogP contribution >= 0.6 is 0 Å². The number of anilines is 2. The maximum Gasteiger partial charge on any atom is 0.274 e. The van der Waals surface area contributed by atoms with Crippen LogP contribution in [0.15, 0.2) is 66.9 Å². The van der Waals surface area contributed by atoms with Crippen molar-refractivity contribution in [2.75, 3.05) is 24.4 Å². The third kappa shape index (κ3) is 5.01. The van der Waals surface area contributed by atoms with Crippen molar-refractivity contribution < 1.29 is 14.3 Å². The van der Waals surface area contributed by atoms with E-state index >= 15 is 0 Å². The average Bonchev–Trinajstić information content (AvgIpc) is 2.74. The number of amides is 1. The summed E-state index contributed by atoms with van der Waals surface area (Å²) in [7, 11) is 1.64. The zero-order chi connectivity index (χ0) is 19.8. The number of nitrogens with zero attached hydrogens (tertiary/aromatic N) is 1. The molecule has 0 saturated heterocycles. The van der Waals surface area contributed by atoms with Crippen LogP contribution < -0.4 is 20.1 Å². The highest BCUT2D eigenvalue weighted by molar-refractivity contribution is 6.03. The van der Waals surface area contributed by atoms with Crippen molar-refractivity contribution in [3.8, 4) is 11.5 Å². The predicted octanol–water partition coefficient (Wildman–Crippen LogP) is 4.35. The lowest BCUT2D eigenvalue weighted by molar-refractivity contribution is 0.102. The van der Waals surface area contributed by atoms with Gasteiger partial charge in [-0.1, -0.05) is 24.3 Å². The number of hydrogen-bond acceptors (Lipinski definition) is 5. The molecule has 0 atom stereocenters. The second-order valence-corrected chi connectivity index (χ2v) is 6.02. The third-order valence-corrected chi connectivity index (χ3v) is 4.09. The van der Waals surface area contributed by atoms with Gasteiger partial charge in [-0.15, -0.1) is 0 Å². The van der Waals surface area contributed by atoms with Crippen molar-refractivity contribution in [2.45, 2.75) is 13.5 Å². The summed E-state index contributed by atoms with van der Waals surface area (Å²) in [4.78, 5) is 16.7.